The molecular formula is C8H17NO2S. The molecule has 0 fully saturated rings. The Morgan fingerprint density at radius 2 is 2.33 bits per heavy atom. The molecule has 0 heterocycles. The van der Waals surface area contributed by atoms with Crippen molar-refractivity contribution in [1.29, 1.82) is 0 Å². The maximum Gasteiger partial charge on any atom is 0.222 e. The van der Waals surface area contributed by atoms with E-state index in [0.717, 1.165) is 12.3 Å². The van der Waals surface area contributed by atoms with Crippen molar-refractivity contribution in [3.05, 3.63) is 0 Å². The lowest BCUT2D eigenvalue weighted by Crippen LogP contribution is -2.26. The fourth-order valence-corrected chi connectivity index (χ4v) is 0.996. The molecule has 4 heteroatoms. The summed E-state index contributed by atoms with van der Waals surface area (Å²) in [5.41, 5.74) is 0. The van der Waals surface area contributed by atoms with Crippen molar-refractivity contribution in [2.24, 2.45) is 0 Å². The minimum atomic E-state index is 0.0810. The number of carbonyl (C=O) groups excluding carboxylic acids is 1. The number of ether oxygens (including phenoxy) is 1. The molecule has 12 heavy (non-hydrogen) atoms. The lowest BCUT2D eigenvalue weighted by atomic mass is 10.4. The topological polar surface area (TPSA) is 38.3 Å². The number of carbonyl (C=O) groups is 1. The standard InChI is InChI=1S/C8H17NO2S/c1-3-11-6-4-8(10)9-5-7-12-2/h3-7H2,1-2H3,(H,9,10). The SMILES string of the molecule is CCOCCC(=O)NCCSC. The largest absolute Gasteiger partial charge is 0.381 e. The Balaban J connectivity index is 3.10. The van der Waals surface area contributed by atoms with E-state index < -0.39 is 0 Å². The molecule has 0 aromatic rings. The molecule has 0 saturated heterocycles. The van der Waals surface area contributed by atoms with Crippen LogP contribution in [0, 0.1) is 0 Å². The Kier molecular flexibility index (Phi) is 8.71. The van der Waals surface area contributed by atoms with Gasteiger partial charge < -0.3 is 10.1 Å². The van der Waals surface area contributed by atoms with Gasteiger partial charge in [0.25, 0.3) is 0 Å². The van der Waals surface area contributed by atoms with Gasteiger partial charge >= 0.3 is 0 Å². The van der Waals surface area contributed by atoms with Crippen molar-refractivity contribution in [2.45, 2.75) is 13.3 Å². The summed E-state index contributed by atoms with van der Waals surface area (Å²) in [5.74, 6) is 1.05. The van der Waals surface area contributed by atoms with Crippen LogP contribution in [0.2, 0.25) is 0 Å². The molecule has 0 atom stereocenters. The third-order valence-corrected chi connectivity index (χ3v) is 1.92. The van der Waals surface area contributed by atoms with Crippen LogP contribution in [0.4, 0.5) is 0 Å². The zero-order valence-corrected chi connectivity index (χ0v) is 8.58. The number of rotatable bonds is 7. The highest BCUT2D eigenvalue weighted by molar-refractivity contribution is 7.98. The zero-order valence-electron chi connectivity index (χ0n) is 7.76. The van der Waals surface area contributed by atoms with Gasteiger partial charge in [-0.05, 0) is 13.2 Å². The molecule has 1 N–H and O–H groups in total. The summed E-state index contributed by atoms with van der Waals surface area (Å²) in [6.07, 6.45) is 2.49. The van der Waals surface area contributed by atoms with Crippen LogP contribution < -0.4 is 5.32 Å². The second-order valence-corrected chi connectivity index (χ2v) is 3.28. The van der Waals surface area contributed by atoms with Gasteiger partial charge in [-0.3, -0.25) is 4.79 Å². The van der Waals surface area contributed by atoms with Gasteiger partial charge in [-0.2, -0.15) is 11.8 Å². The Morgan fingerprint density at radius 1 is 1.58 bits per heavy atom. The molecular weight excluding hydrogens is 174 g/mol. The summed E-state index contributed by atoms with van der Waals surface area (Å²) < 4.78 is 5.04. The second kappa shape index (κ2) is 8.87. The number of hydrogen-bond donors (Lipinski definition) is 1. The molecule has 0 aliphatic carbocycles. The van der Waals surface area contributed by atoms with Crippen molar-refractivity contribution in [1.82, 2.24) is 5.32 Å². The van der Waals surface area contributed by atoms with Gasteiger partial charge in [-0.1, -0.05) is 0 Å². The first kappa shape index (κ1) is 11.8. The first-order valence-corrected chi connectivity index (χ1v) is 5.54. The summed E-state index contributed by atoms with van der Waals surface area (Å²) in [7, 11) is 0. The maximum absolute atomic E-state index is 11.0. The van der Waals surface area contributed by atoms with Crippen molar-refractivity contribution >= 4 is 17.7 Å². The molecule has 72 valence electrons. The highest BCUT2D eigenvalue weighted by Crippen LogP contribution is 1.88. The average molecular weight is 191 g/mol. The normalized spacial score (nSPS) is 9.83. The maximum atomic E-state index is 11.0. The average Bonchev–Trinajstić information content (AvgIpc) is 2.06. The molecule has 0 spiro atoms. The molecule has 0 unspecified atom stereocenters. The summed E-state index contributed by atoms with van der Waals surface area (Å²) in [5, 5.41) is 2.80. The van der Waals surface area contributed by atoms with E-state index in [1.165, 1.54) is 0 Å². The van der Waals surface area contributed by atoms with Crippen LogP contribution >= 0.6 is 11.8 Å². The number of thioether (sulfide) groups is 1. The van der Waals surface area contributed by atoms with Crippen molar-refractivity contribution in [3.63, 3.8) is 0 Å². The van der Waals surface area contributed by atoms with Crippen LogP contribution in [0.1, 0.15) is 13.3 Å². The molecule has 0 rings (SSSR count). The van der Waals surface area contributed by atoms with E-state index in [2.05, 4.69) is 5.32 Å². The first-order chi connectivity index (χ1) is 5.81. The van der Waals surface area contributed by atoms with Gasteiger partial charge in [0, 0.05) is 25.3 Å². The van der Waals surface area contributed by atoms with Crippen LogP contribution in [0.5, 0.6) is 0 Å². The second-order valence-electron chi connectivity index (χ2n) is 2.29. The molecule has 0 radical (unpaired) electrons. The first-order valence-electron chi connectivity index (χ1n) is 4.14. The molecule has 1 amide bonds. The van der Waals surface area contributed by atoms with E-state index in [4.69, 9.17) is 4.74 Å². The molecule has 0 saturated carbocycles. The number of nitrogens with one attached hydrogen (secondary N) is 1. The van der Waals surface area contributed by atoms with Gasteiger partial charge in [0.15, 0.2) is 0 Å². The predicted octanol–water partition coefficient (Wildman–Crippen LogP) is 0.892. The van der Waals surface area contributed by atoms with Crippen LogP contribution in [-0.2, 0) is 9.53 Å². The van der Waals surface area contributed by atoms with E-state index in [9.17, 15) is 4.79 Å². The monoisotopic (exact) mass is 191 g/mol. The summed E-state index contributed by atoms with van der Waals surface area (Å²) in [6.45, 7) is 3.89. The van der Waals surface area contributed by atoms with Crippen LogP contribution in [0.3, 0.4) is 0 Å². The fourth-order valence-electron chi connectivity index (χ4n) is 0.690. The third kappa shape index (κ3) is 7.88. The predicted molar refractivity (Wildman–Crippen MR) is 52.5 cm³/mol. The molecule has 0 aliphatic rings. The van der Waals surface area contributed by atoms with E-state index in [0.29, 0.717) is 19.6 Å². The molecule has 0 aliphatic heterocycles. The number of hydrogen-bond acceptors (Lipinski definition) is 3. The quantitative estimate of drug-likeness (QED) is 0.607. The van der Waals surface area contributed by atoms with Crippen LogP contribution in [0.15, 0.2) is 0 Å². The van der Waals surface area contributed by atoms with Gasteiger partial charge in [-0.15, -0.1) is 0 Å². The highest BCUT2D eigenvalue weighted by atomic mass is 32.2. The van der Waals surface area contributed by atoms with Crippen LogP contribution in [0.25, 0.3) is 0 Å². The molecule has 0 bridgehead atoms. The molecule has 0 aromatic heterocycles. The fraction of sp³-hybridized carbons (Fsp3) is 0.875. The van der Waals surface area contributed by atoms with Gasteiger partial charge in [0.05, 0.1) is 6.61 Å². The number of amides is 1. The lowest BCUT2D eigenvalue weighted by Gasteiger charge is -2.03. The molecule has 3 nitrogen and oxygen atoms in total. The van der Waals surface area contributed by atoms with Gasteiger partial charge in [-0.25, -0.2) is 0 Å². The minimum Gasteiger partial charge on any atom is -0.381 e. The van der Waals surface area contributed by atoms with Crippen LogP contribution in [-0.4, -0.2) is 37.7 Å². The Bertz CT molecular complexity index is 108. The highest BCUT2D eigenvalue weighted by Gasteiger charge is 1.98. The minimum absolute atomic E-state index is 0.0810. The van der Waals surface area contributed by atoms with Crippen molar-refractivity contribution < 1.29 is 9.53 Å². The van der Waals surface area contributed by atoms with E-state index in [1.807, 2.05) is 13.2 Å². The van der Waals surface area contributed by atoms with Crippen molar-refractivity contribution in [3.8, 4) is 0 Å². The smallest absolute Gasteiger partial charge is 0.222 e. The van der Waals surface area contributed by atoms with Gasteiger partial charge in [0.2, 0.25) is 5.91 Å². The summed E-state index contributed by atoms with van der Waals surface area (Å²) >= 11 is 1.73. The van der Waals surface area contributed by atoms with Gasteiger partial charge in [0.1, 0.15) is 0 Å². The van der Waals surface area contributed by atoms with E-state index in [-0.39, 0.29) is 5.91 Å². The Hall–Kier alpha value is -0.220. The third-order valence-electron chi connectivity index (χ3n) is 1.31. The van der Waals surface area contributed by atoms with E-state index >= 15 is 0 Å². The Labute approximate surface area is 78.2 Å². The summed E-state index contributed by atoms with van der Waals surface area (Å²) in [6, 6.07) is 0. The zero-order chi connectivity index (χ0) is 9.23. The van der Waals surface area contributed by atoms with E-state index in [1.54, 1.807) is 11.8 Å². The van der Waals surface area contributed by atoms with Crippen molar-refractivity contribution in [2.75, 3.05) is 31.8 Å². The molecule has 0 aromatic carbocycles. The lowest BCUT2D eigenvalue weighted by molar-refractivity contribution is -0.122. The summed E-state index contributed by atoms with van der Waals surface area (Å²) in [4.78, 5) is 11.0. The Morgan fingerprint density at radius 3 is 2.92 bits per heavy atom.